The maximum Gasteiger partial charge on any atom is 0.573 e. The average Bonchev–Trinajstić information content (AvgIpc) is 3.16. The van der Waals surface area contributed by atoms with E-state index in [4.69, 9.17) is 8.85 Å². The average molecular weight is 443 g/mol. The number of alkyl halides is 3. The van der Waals surface area contributed by atoms with Gasteiger partial charge in [-0.25, -0.2) is 4.79 Å². The number of aromatic nitrogens is 2. The fourth-order valence-electron chi connectivity index (χ4n) is 4.42. The lowest BCUT2D eigenvalue weighted by Gasteiger charge is -2.35. The molecule has 1 N–H and O–H groups in total. The molecule has 0 spiro atoms. The number of carbonyl (C=O) groups is 1. The quantitative estimate of drug-likeness (QED) is 0.768. The fourth-order valence-corrected chi connectivity index (χ4v) is 4.42. The van der Waals surface area contributed by atoms with E-state index in [9.17, 15) is 18.0 Å². The molecule has 170 valence electrons. The molecule has 1 aromatic heterocycles. The zero-order valence-electron chi connectivity index (χ0n) is 19.9. The van der Waals surface area contributed by atoms with Crippen LogP contribution in [-0.2, 0) is 4.74 Å². The number of piperidine rings is 1. The second-order valence-electron chi connectivity index (χ2n) is 8.12. The summed E-state index contributed by atoms with van der Waals surface area (Å²) < 4.78 is 69.8. The lowest BCUT2D eigenvalue weighted by Crippen LogP contribution is -2.49. The van der Waals surface area contributed by atoms with Crippen molar-refractivity contribution in [3.63, 3.8) is 0 Å². The molecule has 1 aliphatic carbocycles. The summed E-state index contributed by atoms with van der Waals surface area (Å²) in [6.45, 7) is 1.06. The molecule has 31 heavy (non-hydrogen) atoms. The molecule has 2 amide bonds. The molecule has 2 heterocycles. The second-order valence-corrected chi connectivity index (χ2v) is 8.12. The van der Waals surface area contributed by atoms with E-state index in [-0.39, 0.29) is 30.0 Å². The molecule has 7 nitrogen and oxygen atoms in total. The molecule has 2 aliphatic rings. The molecule has 1 saturated carbocycles. The molecule has 0 bridgehead atoms. The number of carbonyl (C=O) groups excluding carboxylic acids is 1. The van der Waals surface area contributed by atoms with Crippen molar-refractivity contribution in [2.45, 2.75) is 63.1 Å². The van der Waals surface area contributed by atoms with Gasteiger partial charge in [0.25, 0.3) is 0 Å². The topological polar surface area (TPSA) is 68.6 Å². The highest BCUT2D eigenvalue weighted by molar-refractivity contribution is 5.80. The van der Waals surface area contributed by atoms with Gasteiger partial charge in [-0.05, 0) is 56.7 Å². The maximum atomic E-state index is 12.7. The molecule has 0 radical (unpaired) electrons. The van der Waals surface area contributed by atoms with Crippen LogP contribution in [0.4, 0.5) is 18.0 Å². The molecule has 0 atom stereocenters. The van der Waals surface area contributed by atoms with Gasteiger partial charge in [-0.15, -0.1) is 13.2 Å². The number of nitrogens with one attached hydrogen (secondary N) is 1. The smallest absolute Gasteiger partial charge is 0.406 e. The lowest BCUT2D eigenvalue weighted by atomic mass is 9.93. The minimum absolute atomic E-state index is 0.00940. The predicted molar refractivity (Wildman–Crippen MR) is 108 cm³/mol. The number of rotatable bonds is 4. The van der Waals surface area contributed by atoms with Gasteiger partial charge in [0.2, 0.25) is 0 Å². The van der Waals surface area contributed by atoms with Crippen molar-refractivity contribution in [1.82, 2.24) is 20.0 Å². The molecule has 1 aromatic carbocycles. The summed E-state index contributed by atoms with van der Waals surface area (Å²) in [4.78, 5) is 14.5. The Morgan fingerprint density at radius 3 is 2.61 bits per heavy atom. The summed E-state index contributed by atoms with van der Waals surface area (Å²) in [7, 11) is -2.40. The first-order valence-corrected chi connectivity index (χ1v) is 10.4. The molecule has 2 fully saturated rings. The van der Waals surface area contributed by atoms with E-state index < -0.39 is 13.4 Å². The van der Waals surface area contributed by atoms with Crippen molar-refractivity contribution in [2.75, 3.05) is 20.1 Å². The van der Waals surface area contributed by atoms with E-state index in [1.165, 1.54) is 18.3 Å². The highest BCUT2D eigenvalue weighted by Crippen LogP contribution is 2.30. The molecule has 2 aromatic rings. The number of amides is 2. The zero-order valence-corrected chi connectivity index (χ0v) is 16.9. The van der Waals surface area contributed by atoms with Crippen molar-refractivity contribution < 1.29 is 31.6 Å². The zero-order chi connectivity index (χ0) is 24.5. The molecule has 0 unspecified atom stereocenters. The molecule has 10 heteroatoms. The molecular formula is C21H27F3N4O3. The van der Waals surface area contributed by atoms with E-state index in [1.54, 1.807) is 15.6 Å². The first-order valence-electron chi connectivity index (χ1n) is 11.9. The number of hydrogen-bond donors (Lipinski definition) is 1. The van der Waals surface area contributed by atoms with E-state index in [0.717, 1.165) is 0 Å². The van der Waals surface area contributed by atoms with Gasteiger partial charge >= 0.3 is 12.4 Å². The van der Waals surface area contributed by atoms with Gasteiger partial charge in [0.1, 0.15) is 5.75 Å². The Balaban J connectivity index is 1.27. The Bertz CT molecular complexity index is 999. The summed E-state index contributed by atoms with van der Waals surface area (Å²) in [5, 5.41) is 7.96. The number of methoxy groups -OCH3 is 1. The third-order valence-electron chi connectivity index (χ3n) is 6.07. The Kier molecular flexibility index (Phi) is 5.22. The fraction of sp³-hybridized carbons (Fsp3) is 0.619. The highest BCUT2D eigenvalue weighted by atomic mass is 19.4. The Hall–Kier alpha value is -2.49. The van der Waals surface area contributed by atoms with Crippen LogP contribution in [0.15, 0.2) is 24.4 Å². The highest BCUT2D eigenvalue weighted by Gasteiger charge is 2.32. The standard InChI is InChI=1S/C21H27F3N4O3/c1-30-17-4-2-15(3-5-17)26-20(29)27-10-8-16(9-11-27)28-19-7-6-18(31-21(22,23)24)12-14(19)13-25-28/h6-7,12-13,15-17H,2-5,8-11H2,1H3,(H,26,29)/i1D3. The van der Waals surface area contributed by atoms with Gasteiger partial charge in [0.05, 0.1) is 28.0 Å². The molecule has 1 aliphatic heterocycles. The minimum atomic E-state index is -4.75. The summed E-state index contributed by atoms with van der Waals surface area (Å²) in [6, 6.07) is 4.03. The Morgan fingerprint density at radius 2 is 1.94 bits per heavy atom. The minimum Gasteiger partial charge on any atom is -0.406 e. The van der Waals surface area contributed by atoms with Crippen LogP contribution in [0.3, 0.4) is 0 Å². The number of ether oxygens (including phenoxy) is 2. The van der Waals surface area contributed by atoms with E-state index in [0.29, 0.717) is 62.5 Å². The first kappa shape index (κ1) is 18.1. The maximum absolute atomic E-state index is 12.7. The number of nitrogens with zero attached hydrogens (tertiary/aromatic N) is 3. The van der Waals surface area contributed by atoms with Gasteiger partial charge in [-0.3, -0.25) is 4.68 Å². The van der Waals surface area contributed by atoms with Crippen LogP contribution in [0.2, 0.25) is 0 Å². The van der Waals surface area contributed by atoms with Crippen molar-refractivity contribution in [1.29, 1.82) is 0 Å². The number of halogens is 3. The third kappa shape index (κ3) is 5.23. The largest absolute Gasteiger partial charge is 0.573 e. The van der Waals surface area contributed by atoms with Gasteiger partial charge < -0.3 is 19.7 Å². The summed E-state index contributed by atoms with van der Waals surface area (Å²) in [6.07, 6.45) is 0.322. The number of urea groups is 1. The van der Waals surface area contributed by atoms with Crippen LogP contribution >= 0.6 is 0 Å². The first-order chi connectivity index (χ1) is 16.0. The van der Waals surface area contributed by atoms with Gasteiger partial charge in [0, 0.05) is 31.6 Å². The Morgan fingerprint density at radius 1 is 1.19 bits per heavy atom. The summed E-state index contributed by atoms with van der Waals surface area (Å²) >= 11 is 0. The van der Waals surface area contributed by atoms with Crippen molar-refractivity contribution in [2.24, 2.45) is 0 Å². The molecular weight excluding hydrogens is 413 g/mol. The van der Waals surface area contributed by atoms with Crippen molar-refractivity contribution in [3.8, 4) is 5.75 Å². The van der Waals surface area contributed by atoms with Crippen LogP contribution < -0.4 is 10.1 Å². The third-order valence-corrected chi connectivity index (χ3v) is 6.07. The van der Waals surface area contributed by atoms with Crippen LogP contribution in [0, 0.1) is 0 Å². The summed E-state index contributed by atoms with van der Waals surface area (Å²) in [5.74, 6) is -0.287. The normalized spacial score (nSPS) is 25.0. The lowest BCUT2D eigenvalue weighted by molar-refractivity contribution is -0.274. The van der Waals surface area contributed by atoms with E-state index in [2.05, 4.69) is 15.2 Å². The van der Waals surface area contributed by atoms with Gasteiger partial charge in [0.15, 0.2) is 0 Å². The van der Waals surface area contributed by atoms with Crippen molar-refractivity contribution in [3.05, 3.63) is 24.4 Å². The molecule has 1 saturated heterocycles. The van der Waals surface area contributed by atoms with E-state index >= 15 is 0 Å². The number of benzene rings is 1. The monoisotopic (exact) mass is 443 g/mol. The van der Waals surface area contributed by atoms with Crippen LogP contribution in [0.5, 0.6) is 5.75 Å². The van der Waals surface area contributed by atoms with Crippen LogP contribution in [0.25, 0.3) is 10.9 Å². The molecule has 4 rings (SSSR count). The Labute approximate surface area is 182 Å². The van der Waals surface area contributed by atoms with Crippen molar-refractivity contribution >= 4 is 16.9 Å². The van der Waals surface area contributed by atoms with Gasteiger partial charge in [-0.2, -0.15) is 5.10 Å². The second kappa shape index (κ2) is 8.94. The number of hydrogen-bond acceptors (Lipinski definition) is 4. The van der Waals surface area contributed by atoms with Gasteiger partial charge in [-0.1, -0.05) is 0 Å². The summed E-state index contributed by atoms with van der Waals surface area (Å²) in [5.41, 5.74) is 0.716. The van der Waals surface area contributed by atoms with Crippen LogP contribution in [-0.4, -0.2) is 59.3 Å². The van der Waals surface area contributed by atoms with E-state index in [1.807, 2.05) is 0 Å². The van der Waals surface area contributed by atoms with Crippen LogP contribution in [0.1, 0.15) is 48.7 Å². The number of likely N-dealkylation sites (tertiary alicyclic amines) is 1. The number of fused-ring (bicyclic) bond motifs is 1. The predicted octanol–water partition coefficient (Wildman–Crippen LogP) is 4.24. The SMILES string of the molecule is [2H]C([2H])([2H])OC1CCC(NC(=O)N2CCC(n3ncc4cc(OC(F)(F)F)ccc43)CC2)CC1.